The van der Waals surface area contributed by atoms with Crippen molar-refractivity contribution < 1.29 is 14.7 Å². The summed E-state index contributed by atoms with van der Waals surface area (Å²) in [4.78, 5) is 23.2. The zero-order valence-corrected chi connectivity index (χ0v) is 10.8. The summed E-state index contributed by atoms with van der Waals surface area (Å²) in [6.07, 6.45) is 1.52. The number of nitrogens with zero attached hydrogens (tertiary/aromatic N) is 1. The highest BCUT2D eigenvalue weighted by molar-refractivity contribution is 5.89. The monoisotopic (exact) mass is 249 g/mol. The minimum Gasteiger partial charge on any atom is -0.478 e. The molecule has 1 fully saturated rings. The lowest BCUT2D eigenvalue weighted by molar-refractivity contribution is -0.121. The van der Waals surface area contributed by atoms with Crippen molar-refractivity contribution in [2.75, 3.05) is 20.1 Å². The quantitative estimate of drug-likeness (QED) is 0.826. The van der Waals surface area contributed by atoms with Crippen molar-refractivity contribution in [1.29, 1.82) is 0 Å². The number of aromatic carboxylic acids is 1. The Balaban J connectivity index is 0.000000184. The van der Waals surface area contributed by atoms with Gasteiger partial charge in [-0.15, -0.1) is 0 Å². The number of hydrogen-bond acceptors (Lipinski definition) is 3. The number of piperidine rings is 1. The van der Waals surface area contributed by atoms with Crippen molar-refractivity contribution in [3.63, 3.8) is 0 Å². The van der Waals surface area contributed by atoms with Gasteiger partial charge in [0, 0.05) is 25.9 Å². The summed E-state index contributed by atoms with van der Waals surface area (Å²) in [6, 6.07) is 6.92. The van der Waals surface area contributed by atoms with E-state index in [1.165, 1.54) is 0 Å². The molecule has 0 saturated carbocycles. The van der Waals surface area contributed by atoms with Crippen LogP contribution in [0.25, 0.3) is 0 Å². The Kier molecular flexibility index (Phi) is 5.52. The van der Waals surface area contributed by atoms with Gasteiger partial charge in [0.2, 0.25) is 0 Å². The van der Waals surface area contributed by atoms with Gasteiger partial charge in [0.05, 0.1) is 5.56 Å². The summed E-state index contributed by atoms with van der Waals surface area (Å²) >= 11 is 0. The molecule has 0 bridgehead atoms. The van der Waals surface area contributed by atoms with E-state index in [4.69, 9.17) is 5.11 Å². The number of carboxylic acids is 1. The molecule has 0 aromatic heterocycles. The van der Waals surface area contributed by atoms with Gasteiger partial charge in [-0.05, 0) is 25.6 Å². The topological polar surface area (TPSA) is 57.6 Å². The highest BCUT2D eigenvalue weighted by Gasteiger charge is 2.11. The van der Waals surface area contributed by atoms with E-state index in [1.54, 1.807) is 25.1 Å². The van der Waals surface area contributed by atoms with Gasteiger partial charge < -0.3 is 10.0 Å². The highest BCUT2D eigenvalue weighted by atomic mass is 16.4. The Morgan fingerprint density at radius 3 is 2.17 bits per heavy atom. The molecular weight excluding hydrogens is 230 g/mol. The first-order chi connectivity index (χ1) is 8.50. The van der Waals surface area contributed by atoms with E-state index in [-0.39, 0.29) is 0 Å². The molecule has 0 spiro atoms. The van der Waals surface area contributed by atoms with E-state index in [9.17, 15) is 9.59 Å². The Hall–Kier alpha value is -1.68. The molecule has 1 aromatic rings. The van der Waals surface area contributed by atoms with Crippen LogP contribution in [-0.2, 0) is 4.79 Å². The second-order valence-corrected chi connectivity index (χ2v) is 4.46. The van der Waals surface area contributed by atoms with Crippen LogP contribution >= 0.6 is 0 Å². The van der Waals surface area contributed by atoms with E-state index < -0.39 is 5.97 Å². The average Bonchev–Trinajstić information content (AvgIpc) is 2.34. The first-order valence-electron chi connectivity index (χ1n) is 6.00. The minimum absolute atomic E-state index is 0.377. The Morgan fingerprint density at radius 1 is 1.22 bits per heavy atom. The largest absolute Gasteiger partial charge is 0.478 e. The van der Waals surface area contributed by atoms with Crippen LogP contribution in [0.3, 0.4) is 0 Å². The third-order valence-corrected chi connectivity index (χ3v) is 2.92. The highest BCUT2D eigenvalue weighted by Crippen LogP contribution is 2.05. The summed E-state index contributed by atoms with van der Waals surface area (Å²) in [6.45, 7) is 3.70. The predicted molar refractivity (Wildman–Crippen MR) is 69.9 cm³/mol. The van der Waals surface area contributed by atoms with E-state index in [0.29, 0.717) is 11.3 Å². The van der Waals surface area contributed by atoms with E-state index in [0.717, 1.165) is 31.5 Å². The maximum atomic E-state index is 10.6. The van der Waals surface area contributed by atoms with Crippen molar-refractivity contribution >= 4 is 11.8 Å². The molecule has 1 aliphatic rings. The summed E-state index contributed by atoms with van der Waals surface area (Å²) in [5, 5.41) is 8.57. The van der Waals surface area contributed by atoms with Gasteiger partial charge >= 0.3 is 5.97 Å². The van der Waals surface area contributed by atoms with Crippen molar-refractivity contribution in [2.24, 2.45) is 0 Å². The summed E-state index contributed by atoms with van der Waals surface area (Å²) in [7, 11) is 2.05. The van der Waals surface area contributed by atoms with Crippen molar-refractivity contribution in [1.82, 2.24) is 4.90 Å². The first-order valence-corrected chi connectivity index (χ1v) is 6.00. The third kappa shape index (κ3) is 4.67. The Morgan fingerprint density at radius 2 is 1.78 bits per heavy atom. The number of hydrogen-bond donors (Lipinski definition) is 1. The Labute approximate surface area is 107 Å². The number of Topliss-reactive ketones (excluding diaryl/α,β-unsaturated/α-hetero) is 1. The van der Waals surface area contributed by atoms with Crippen LogP contribution in [0.15, 0.2) is 24.3 Å². The van der Waals surface area contributed by atoms with Crippen LogP contribution in [0.2, 0.25) is 0 Å². The number of benzene rings is 1. The van der Waals surface area contributed by atoms with Gasteiger partial charge in [-0.25, -0.2) is 4.79 Å². The molecule has 1 aromatic carbocycles. The second kappa shape index (κ2) is 6.91. The molecule has 1 saturated heterocycles. The molecule has 0 unspecified atom stereocenters. The third-order valence-electron chi connectivity index (χ3n) is 2.92. The molecule has 4 nitrogen and oxygen atoms in total. The maximum Gasteiger partial charge on any atom is 0.335 e. The van der Waals surface area contributed by atoms with Crippen molar-refractivity contribution in [3.8, 4) is 0 Å². The maximum absolute atomic E-state index is 10.6. The molecule has 98 valence electrons. The lowest BCUT2D eigenvalue weighted by Crippen LogP contribution is -2.29. The fourth-order valence-electron chi connectivity index (χ4n) is 1.68. The van der Waals surface area contributed by atoms with Crippen LogP contribution in [-0.4, -0.2) is 41.9 Å². The standard InChI is InChI=1S/C8H8O2.C6H11NO/c1-6-4-2-3-5-7(6)8(9)10;1-7-4-2-6(8)3-5-7/h2-5H,1H3,(H,9,10);2-5H2,1H3. The van der Waals surface area contributed by atoms with Gasteiger partial charge in [0.15, 0.2) is 0 Å². The molecule has 1 N–H and O–H groups in total. The summed E-state index contributed by atoms with van der Waals surface area (Å²) in [5.41, 5.74) is 1.18. The fourth-order valence-corrected chi connectivity index (χ4v) is 1.68. The van der Waals surface area contributed by atoms with E-state index in [1.807, 2.05) is 13.1 Å². The van der Waals surface area contributed by atoms with E-state index >= 15 is 0 Å². The lowest BCUT2D eigenvalue weighted by Gasteiger charge is -2.19. The number of likely N-dealkylation sites (tertiary alicyclic amines) is 1. The SMILES string of the molecule is CN1CCC(=O)CC1.Cc1ccccc1C(=O)O. The molecule has 1 heterocycles. The molecule has 18 heavy (non-hydrogen) atoms. The lowest BCUT2D eigenvalue weighted by atomic mass is 10.1. The molecule has 0 aliphatic carbocycles. The molecule has 4 heteroatoms. The van der Waals surface area contributed by atoms with Crippen LogP contribution in [0.1, 0.15) is 28.8 Å². The van der Waals surface area contributed by atoms with Gasteiger partial charge in [-0.2, -0.15) is 0 Å². The zero-order chi connectivity index (χ0) is 13.5. The number of carbonyl (C=O) groups excluding carboxylic acids is 1. The van der Waals surface area contributed by atoms with E-state index in [2.05, 4.69) is 4.90 Å². The van der Waals surface area contributed by atoms with Crippen LogP contribution in [0, 0.1) is 6.92 Å². The summed E-state index contributed by atoms with van der Waals surface area (Å²) < 4.78 is 0. The smallest absolute Gasteiger partial charge is 0.335 e. The van der Waals surface area contributed by atoms with Gasteiger partial charge in [-0.3, -0.25) is 4.79 Å². The van der Waals surface area contributed by atoms with Gasteiger partial charge in [-0.1, -0.05) is 18.2 Å². The average molecular weight is 249 g/mol. The number of carbonyl (C=O) groups is 2. The molecule has 0 radical (unpaired) electrons. The molecule has 1 aliphatic heterocycles. The number of carboxylic acid groups (broad SMARTS) is 1. The molecule has 0 atom stereocenters. The molecular formula is C14H19NO3. The van der Waals surface area contributed by atoms with Gasteiger partial charge in [0.1, 0.15) is 5.78 Å². The van der Waals surface area contributed by atoms with Crippen LogP contribution in [0.4, 0.5) is 0 Å². The van der Waals surface area contributed by atoms with Crippen LogP contribution < -0.4 is 0 Å². The molecule has 0 amide bonds. The zero-order valence-electron chi connectivity index (χ0n) is 10.8. The second-order valence-electron chi connectivity index (χ2n) is 4.46. The summed E-state index contributed by atoms with van der Waals surface area (Å²) in [5.74, 6) is -0.443. The fraction of sp³-hybridized carbons (Fsp3) is 0.429. The number of aryl methyl sites for hydroxylation is 1. The van der Waals surface area contributed by atoms with Crippen LogP contribution in [0.5, 0.6) is 0 Å². The normalized spacial score (nSPS) is 15.8. The number of ketones is 1. The molecule has 2 rings (SSSR count). The first kappa shape index (κ1) is 14.4. The predicted octanol–water partition coefficient (Wildman–Crippen LogP) is 1.97. The van der Waals surface area contributed by atoms with Crippen molar-refractivity contribution in [2.45, 2.75) is 19.8 Å². The van der Waals surface area contributed by atoms with Crippen molar-refractivity contribution in [3.05, 3.63) is 35.4 Å². The Bertz CT molecular complexity index is 419. The minimum atomic E-state index is -0.863. The number of rotatable bonds is 1. The van der Waals surface area contributed by atoms with Gasteiger partial charge in [0.25, 0.3) is 0 Å².